The van der Waals surface area contributed by atoms with Gasteiger partial charge in [0.05, 0.1) is 5.56 Å². The average molecular weight is 329 g/mol. The van der Waals surface area contributed by atoms with E-state index < -0.39 is 35.0 Å². The van der Waals surface area contributed by atoms with E-state index in [0.29, 0.717) is 13.1 Å². The molecule has 0 unspecified atom stereocenters. The number of nitrogens with one attached hydrogen (secondary N) is 1. The summed E-state index contributed by atoms with van der Waals surface area (Å²) in [6.07, 6.45) is -4.65. The van der Waals surface area contributed by atoms with Crippen molar-refractivity contribution in [1.82, 2.24) is 10.2 Å². The van der Waals surface area contributed by atoms with Gasteiger partial charge in [-0.25, -0.2) is 0 Å². The molecule has 1 saturated heterocycles. The highest BCUT2D eigenvalue weighted by molar-refractivity contribution is 5.85. The number of hydrogen-bond donors (Lipinski definition) is 4. The molecule has 0 amide bonds. The highest BCUT2D eigenvalue weighted by atomic mass is 35.5. The molecular weight excluding hydrogens is 313 g/mol. The van der Waals surface area contributed by atoms with Gasteiger partial charge in [-0.15, -0.1) is 12.4 Å². The van der Waals surface area contributed by atoms with Crippen LogP contribution >= 0.6 is 12.4 Å². The Morgan fingerprint density at radius 1 is 1.05 bits per heavy atom. The zero-order valence-corrected chi connectivity index (χ0v) is 11.7. The van der Waals surface area contributed by atoms with E-state index in [4.69, 9.17) is 0 Å². The summed E-state index contributed by atoms with van der Waals surface area (Å²) in [7, 11) is 0. The molecule has 2 rings (SSSR count). The third-order valence-electron chi connectivity index (χ3n) is 3.22. The molecule has 0 aromatic heterocycles. The van der Waals surface area contributed by atoms with Gasteiger partial charge in [-0.3, -0.25) is 4.90 Å². The molecule has 1 aliphatic rings. The van der Waals surface area contributed by atoms with Crippen molar-refractivity contribution < 1.29 is 28.5 Å². The lowest BCUT2D eigenvalue weighted by atomic mass is 10.0. The molecule has 0 bridgehead atoms. The maximum absolute atomic E-state index is 13.3. The Morgan fingerprint density at radius 2 is 1.52 bits per heavy atom. The molecule has 1 aliphatic heterocycles. The fraction of sp³-hybridized carbons (Fsp3) is 0.500. The van der Waals surface area contributed by atoms with E-state index in [-0.39, 0.29) is 25.5 Å². The van der Waals surface area contributed by atoms with E-state index >= 15 is 0 Å². The predicted octanol–water partition coefficient (Wildman–Crippen LogP) is 1.73. The maximum Gasteiger partial charge on any atom is 0.408 e. The lowest BCUT2D eigenvalue weighted by Crippen LogP contribution is -2.49. The van der Waals surface area contributed by atoms with Crippen molar-refractivity contribution in [3.63, 3.8) is 0 Å². The first-order valence-electron chi connectivity index (χ1n) is 6.07. The van der Waals surface area contributed by atoms with Crippen LogP contribution in [-0.4, -0.2) is 52.6 Å². The zero-order valence-electron chi connectivity index (χ0n) is 10.9. The lowest BCUT2D eigenvalue weighted by molar-refractivity contribution is -0.188. The normalized spacial score (nSPS) is 18.0. The Hall–Kier alpha value is -1.38. The van der Waals surface area contributed by atoms with Crippen LogP contribution in [0.15, 0.2) is 12.1 Å². The van der Waals surface area contributed by atoms with Gasteiger partial charge in [-0.05, 0) is 0 Å². The van der Waals surface area contributed by atoms with Gasteiger partial charge in [0.15, 0.2) is 0 Å². The first kappa shape index (κ1) is 17.7. The molecule has 1 heterocycles. The van der Waals surface area contributed by atoms with Crippen LogP contribution in [0.1, 0.15) is 11.6 Å². The summed E-state index contributed by atoms with van der Waals surface area (Å²) in [5, 5.41) is 31.5. The van der Waals surface area contributed by atoms with Gasteiger partial charge < -0.3 is 20.6 Å². The molecule has 0 spiro atoms. The summed E-state index contributed by atoms with van der Waals surface area (Å²) in [4.78, 5) is 1.14. The standard InChI is InChI=1S/C12H15F3N2O3.ClH/c13-12(14,15)11(17-3-1-16-2-4-17)10-8(19)5-7(18)6-9(10)20;/h5-6,11,16,18-20H,1-4H2;1H/t11-;/m1./s1. The second-order valence-corrected chi connectivity index (χ2v) is 4.63. The number of phenolic OH excluding ortho intramolecular Hbond substituents is 3. The van der Waals surface area contributed by atoms with Crippen LogP contribution in [-0.2, 0) is 0 Å². The van der Waals surface area contributed by atoms with Crippen molar-refractivity contribution in [2.45, 2.75) is 12.2 Å². The van der Waals surface area contributed by atoms with Gasteiger partial charge >= 0.3 is 6.18 Å². The summed E-state index contributed by atoms with van der Waals surface area (Å²) in [5.74, 6) is -2.04. The number of phenols is 3. The first-order valence-corrected chi connectivity index (χ1v) is 6.07. The SMILES string of the molecule is Cl.Oc1cc(O)c([C@@H](N2CCNCC2)C(F)(F)F)c(O)c1. The smallest absolute Gasteiger partial charge is 0.408 e. The van der Waals surface area contributed by atoms with Crippen molar-refractivity contribution in [3.8, 4) is 17.2 Å². The quantitative estimate of drug-likeness (QED) is 0.665. The van der Waals surface area contributed by atoms with Gasteiger partial charge in [0.2, 0.25) is 0 Å². The van der Waals surface area contributed by atoms with Gasteiger partial charge in [-0.1, -0.05) is 0 Å². The van der Waals surface area contributed by atoms with Crippen LogP contribution in [0.25, 0.3) is 0 Å². The molecule has 1 fully saturated rings. The van der Waals surface area contributed by atoms with E-state index in [0.717, 1.165) is 17.0 Å². The third-order valence-corrected chi connectivity index (χ3v) is 3.22. The molecule has 5 nitrogen and oxygen atoms in total. The number of aromatic hydroxyl groups is 3. The Labute approximate surface area is 125 Å². The van der Waals surface area contributed by atoms with Gasteiger partial charge in [0.1, 0.15) is 23.3 Å². The minimum atomic E-state index is -4.65. The van der Waals surface area contributed by atoms with Crippen molar-refractivity contribution in [2.75, 3.05) is 26.2 Å². The molecule has 4 N–H and O–H groups in total. The highest BCUT2D eigenvalue weighted by Gasteiger charge is 2.47. The molecule has 0 aliphatic carbocycles. The maximum atomic E-state index is 13.3. The summed E-state index contributed by atoms with van der Waals surface area (Å²) in [6.45, 7) is 1.08. The molecule has 1 aromatic carbocycles. The number of halogens is 4. The monoisotopic (exact) mass is 328 g/mol. The second kappa shape index (κ2) is 6.59. The minimum Gasteiger partial charge on any atom is -0.508 e. The van der Waals surface area contributed by atoms with Crippen molar-refractivity contribution in [2.24, 2.45) is 0 Å². The van der Waals surface area contributed by atoms with Crippen LogP contribution in [0.5, 0.6) is 17.2 Å². The number of hydrogen-bond acceptors (Lipinski definition) is 5. The Morgan fingerprint density at radius 3 is 1.95 bits per heavy atom. The molecule has 21 heavy (non-hydrogen) atoms. The van der Waals surface area contributed by atoms with Crippen molar-refractivity contribution in [1.29, 1.82) is 0 Å². The molecule has 1 atom stereocenters. The zero-order chi connectivity index (χ0) is 14.9. The minimum absolute atomic E-state index is 0. The average Bonchev–Trinajstić information content (AvgIpc) is 2.33. The topological polar surface area (TPSA) is 76.0 Å². The largest absolute Gasteiger partial charge is 0.508 e. The number of alkyl halides is 3. The van der Waals surface area contributed by atoms with Crippen molar-refractivity contribution in [3.05, 3.63) is 17.7 Å². The van der Waals surface area contributed by atoms with E-state index in [2.05, 4.69) is 5.32 Å². The molecule has 0 radical (unpaired) electrons. The molecule has 9 heteroatoms. The van der Waals surface area contributed by atoms with Crippen LogP contribution < -0.4 is 5.32 Å². The van der Waals surface area contributed by atoms with Crippen molar-refractivity contribution >= 4 is 12.4 Å². The highest BCUT2D eigenvalue weighted by Crippen LogP contribution is 2.46. The number of rotatable bonds is 2. The van der Waals surface area contributed by atoms with Gasteiger partial charge in [0.25, 0.3) is 0 Å². The van der Waals surface area contributed by atoms with E-state index in [1.807, 2.05) is 0 Å². The third kappa shape index (κ3) is 3.84. The summed E-state index contributed by atoms with van der Waals surface area (Å²) in [6, 6.07) is -0.531. The fourth-order valence-corrected chi connectivity index (χ4v) is 2.38. The van der Waals surface area contributed by atoms with Crippen LogP contribution in [0, 0.1) is 0 Å². The van der Waals surface area contributed by atoms with Crippen LogP contribution in [0.3, 0.4) is 0 Å². The van der Waals surface area contributed by atoms with E-state index in [1.165, 1.54) is 0 Å². The fourth-order valence-electron chi connectivity index (χ4n) is 2.38. The lowest BCUT2D eigenvalue weighted by Gasteiger charge is -2.36. The second-order valence-electron chi connectivity index (χ2n) is 4.63. The Balaban J connectivity index is 0.00000220. The number of benzene rings is 1. The Kier molecular flexibility index (Phi) is 5.54. The van der Waals surface area contributed by atoms with Crippen LogP contribution in [0.4, 0.5) is 13.2 Å². The predicted molar refractivity (Wildman–Crippen MR) is 71.9 cm³/mol. The van der Waals surface area contributed by atoms with E-state index in [1.54, 1.807) is 0 Å². The Bertz CT molecular complexity index is 470. The summed E-state index contributed by atoms with van der Waals surface area (Å²) >= 11 is 0. The van der Waals surface area contributed by atoms with Gasteiger partial charge in [0, 0.05) is 38.3 Å². The van der Waals surface area contributed by atoms with Crippen LogP contribution in [0.2, 0.25) is 0 Å². The summed E-state index contributed by atoms with van der Waals surface area (Å²) < 4.78 is 39.9. The molecule has 120 valence electrons. The number of nitrogens with zero attached hydrogens (tertiary/aromatic N) is 1. The number of piperazine rings is 1. The first-order chi connectivity index (χ1) is 9.30. The molecule has 0 saturated carbocycles. The van der Waals surface area contributed by atoms with Gasteiger partial charge in [-0.2, -0.15) is 13.2 Å². The molecule has 1 aromatic rings. The van der Waals surface area contributed by atoms with E-state index in [9.17, 15) is 28.5 Å². The summed E-state index contributed by atoms with van der Waals surface area (Å²) in [5.41, 5.74) is -0.628. The molecular formula is C12H16ClF3N2O3.